The number of hydrogen-bond acceptors (Lipinski definition) is 4. The number of benzene rings is 1. The minimum Gasteiger partial charge on any atom is -0.334 e. The number of hydrogen-bond donors (Lipinski definition) is 0. The maximum atomic E-state index is 13.9. The molecule has 1 amide bonds. The van der Waals surface area contributed by atoms with Gasteiger partial charge in [-0.2, -0.15) is 23.4 Å². The molecule has 0 saturated heterocycles. The maximum absolute atomic E-state index is 13.9. The van der Waals surface area contributed by atoms with Crippen LogP contribution in [0.4, 0.5) is 13.2 Å². The van der Waals surface area contributed by atoms with E-state index in [1.54, 1.807) is 23.0 Å². The first-order valence-electron chi connectivity index (χ1n) is 10.5. The molecule has 0 bridgehead atoms. The SMILES string of the molecule is CCn1cc(Cl)c(CN(C)C(=O)c2cc3nc(-c4ccc(C)c(C)c4)cc(C(F)(F)F)n3n2)n1. The summed E-state index contributed by atoms with van der Waals surface area (Å²) in [6.45, 7) is 6.38. The molecule has 11 heteroatoms. The van der Waals surface area contributed by atoms with E-state index >= 15 is 0 Å². The van der Waals surface area contributed by atoms with E-state index in [1.165, 1.54) is 18.0 Å². The summed E-state index contributed by atoms with van der Waals surface area (Å²) >= 11 is 6.17. The van der Waals surface area contributed by atoms with Gasteiger partial charge in [-0.15, -0.1) is 0 Å². The molecular formula is C23H22ClF3N6O. The van der Waals surface area contributed by atoms with Gasteiger partial charge in [0.2, 0.25) is 0 Å². The van der Waals surface area contributed by atoms with Crippen LogP contribution in [0.1, 0.15) is 39.9 Å². The van der Waals surface area contributed by atoms with E-state index in [1.807, 2.05) is 26.8 Å². The number of carbonyl (C=O) groups is 1. The number of aryl methyl sites for hydroxylation is 3. The second-order valence-corrected chi connectivity index (χ2v) is 8.47. The normalized spacial score (nSPS) is 11.9. The molecule has 0 aliphatic carbocycles. The zero-order chi connectivity index (χ0) is 24.8. The Morgan fingerprint density at radius 3 is 2.47 bits per heavy atom. The van der Waals surface area contributed by atoms with Gasteiger partial charge in [0, 0.05) is 31.4 Å². The fourth-order valence-electron chi connectivity index (χ4n) is 3.53. The molecular weight excluding hydrogens is 469 g/mol. The number of halogens is 4. The quantitative estimate of drug-likeness (QED) is 0.387. The first-order valence-corrected chi connectivity index (χ1v) is 10.9. The number of carbonyl (C=O) groups excluding carboxylic acids is 1. The molecule has 0 radical (unpaired) electrons. The van der Waals surface area contributed by atoms with Crippen LogP contribution in [-0.2, 0) is 19.3 Å². The van der Waals surface area contributed by atoms with Gasteiger partial charge in [0.15, 0.2) is 17.0 Å². The van der Waals surface area contributed by atoms with Crippen molar-refractivity contribution >= 4 is 23.2 Å². The Labute approximate surface area is 198 Å². The van der Waals surface area contributed by atoms with Crippen LogP contribution in [0.5, 0.6) is 0 Å². The average molecular weight is 491 g/mol. The number of nitrogens with zero attached hydrogens (tertiary/aromatic N) is 6. The standard InChI is InChI=1S/C23H22ClF3N6O/c1-5-32-11-16(24)19(29-32)12-31(4)22(34)18-10-21-28-17(15-7-6-13(2)14(3)8-15)9-20(23(25,26)27)33(21)30-18/h6-11H,5,12H2,1-4H3. The van der Waals surface area contributed by atoms with Crippen molar-refractivity contribution in [2.45, 2.75) is 40.0 Å². The molecule has 0 aliphatic heterocycles. The summed E-state index contributed by atoms with van der Waals surface area (Å²) in [5.41, 5.74) is 1.87. The molecule has 178 valence electrons. The van der Waals surface area contributed by atoms with Gasteiger partial charge >= 0.3 is 6.18 Å². The van der Waals surface area contributed by atoms with Gasteiger partial charge in [-0.1, -0.05) is 23.7 Å². The molecule has 7 nitrogen and oxygen atoms in total. The summed E-state index contributed by atoms with van der Waals surface area (Å²) in [7, 11) is 1.51. The summed E-state index contributed by atoms with van der Waals surface area (Å²) in [6, 6.07) is 7.53. The first-order chi connectivity index (χ1) is 16.0. The number of amides is 1. The highest BCUT2D eigenvalue weighted by Crippen LogP contribution is 2.33. The van der Waals surface area contributed by atoms with Crippen molar-refractivity contribution in [1.29, 1.82) is 0 Å². The van der Waals surface area contributed by atoms with Crippen molar-refractivity contribution in [2.24, 2.45) is 0 Å². The van der Waals surface area contributed by atoms with Crippen LogP contribution in [0.2, 0.25) is 5.02 Å². The summed E-state index contributed by atoms with van der Waals surface area (Å²) in [4.78, 5) is 18.6. The van der Waals surface area contributed by atoms with Crippen molar-refractivity contribution in [3.8, 4) is 11.3 Å². The second kappa shape index (κ2) is 8.75. The summed E-state index contributed by atoms with van der Waals surface area (Å²) in [5.74, 6) is -0.575. The highest BCUT2D eigenvalue weighted by atomic mass is 35.5. The van der Waals surface area contributed by atoms with Crippen LogP contribution < -0.4 is 0 Å². The van der Waals surface area contributed by atoms with Gasteiger partial charge in [-0.05, 0) is 44.0 Å². The predicted octanol–water partition coefficient (Wildman–Crippen LogP) is 5.17. The van der Waals surface area contributed by atoms with Crippen LogP contribution in [-0.4, -0.2) is 42.2 Å². The van der Waals surface area contributed by atoms with E-state index in [-0.39, 0.29) is 23.6 Å². The summed E-state index contributed by atoms with van der Waals surface area (Å²) < 4.78 is 43.9. The minimum absolute atomic E-state index is 0.0754. The fourth-order valence-corrected chi connectivity index (χ4v) is 3.74. The van der Waals surface area contributed by atoms with Crippen molar-refractivity contribution < 1.29 is 18.0 Å². The van der Waals surface area contributed by atoms with E-state index in [0.717, 1.165) is 17.2 Å². The molecule has 0 spiro atoms. The van der Waals surface area contributed by atoms with E-state index in [2.05, 4.69) is 15.2 Å². The second-order valence-electron chi connectivity index (χ2n) is 8.06. The van der Waals surface area contributed by atoms with E-state index in [4.69, 9.17) is 11.6 Å². The molecule has 3 aromatic heterocycles. The third-order valence-electron chi connectivity index (χ3n) is 5.58. The largest absolute Gasteiger partial charge is 0.433 e. The number of fused-ring (bicyclic) bond motifs is 1. The van der Waals surface area contributed by atoms with Crippen molar-refractivity contribution in [1.82, 2.24) is 29.3 Å². The lowest BCUT2D eigenvalue weighted by molar-refractivity contribution is -0.142. The Bertz CT molecular complexity index is 1390. The van der Waals surface area contributed by atoms with Gasteiger partial charge in [0.1, 0.15) is 5.69 Å². The van der Waals surface area contributed by atoms with Crippen LogP contribution in [0.25, 0.3) is 16.9 Å². The molecule has 0 aliphatic rings. The maximum Gasteiger partial charge on any atom is 0.433 e. The highest BCUT2D eigenvalue weighted by molar-refractivity contribution is 6.31. The van der Waals surface area contributed by atoms with Crippen LogP contribution >= 0.6 is 11.6 Å². The van der Waals surface area contributed by atoms with Crippen LogP contribution in [0, 0.1) is 13.8 Å². The monoisotopic (exact) mass is 490 g/mol. The molecule has 0 atom stereocenters. The Hall–Kier alpha value is -3.40. The van der Waals surface area contributed by atoms with E-state index in [0.29, 0.717) is 27.3 Å². The molecule has 0 N–H and O–H groups in total. The van der Waals surface area contributed by atoms with Gasteiger partial charge in [-0.3, -0.25) is 9.48 Å². The van der Waals surface area contributed by atoms with Gasteiger partial charge in [0.05, 0.1) is 17.3 Å². The third kappa shape index (κ3) is 4.50. The Morgan fingerprint density at radius 2 is 1.85 bits per heavy atom. The molecule has 0 fully saturated rings. The van der Waals surface area contributed by atoms with Crippen LogP contribution in [0.3, 0.4) is 0 Å². The zero-order valence-electron chi connectivity index (χ0n) is 19.0. The molecule has 0 unspecified atom stereocenters. The lowest BCUT2D eigenvalue weighted by Gasteiger charge is -2.14. The minimum atomic E-state index is -4.70. The Kier molecular flexibility index (Phi) is 6.11. The smallest absolute Gasteiger partial charge is 0.334 e. The molecule has 3 heterocycles. The number of rotatable bonds is 5. The Morgan fingerprint density at radius 1 is 1.12 bits per heavy atom. The topological polar surface area (TPSA) is 68.3 Å². The van der Waals surface area contributed by atoms with Crippen molar-refractivity contribution in [3.05, 3.63) is 69.8 Å². The van der Waals surface area contributed by atoms with Gasteiger partial charge < -0.3 is 4.90 Å². The molecule has 0 saturated carbocycles. The van der Waals surface area contributed by atoms with Crippen LogP contribution in [0.15, 0.2) is 36.5 Å². The summed E-state index contributed by atoms with van der Waals surface area (Å²) in [5, 5.41) is 8.63. The van der Waals surface area contributed by atoms with Crippen molar-refractivity contribution in [2.75, 3.05) is 7.05 Å². The zero-order valence-corrected chi connectivity index (χ0v) is 19.7. The number of alkyl halides is 3. The molecule has 4 aromatic rings. The van der Waals surface area contributed by atoms with E-state index < -0.39 is 17.8 Å². The Balaban J connectivity index is 1.73. The fraction of sp³-hybridized carbons (Fsp3) is 0.304. The molecule has 4 rings (SSSR count). The van der Waals surface area contributed by atoms with Gasteiger partial charge in [-0.25, -0.2) is 9.50 Å². The lowest BCUT2D eigenvalue weighted by Crippen LogP contribution is -2.27. The predicted molar refractivity (Wildman–Crippen MR) is 122 cm³/mol. The average Bonchev–Trinajstić information content (AvgIpc) is 3.36. The van der Waals surface area contributed by atoms with Crippen molar-refractivity contribution in [3.63, 3.8) is 0 Å². The highest BCUT2D eigenvalue weighted by Gasteiger charge is 2.36. The third-order valence-corrected chi connectivity index (χ3v) is 5.90. The summed E-state index contributed by atoms with van der Waals surface area (Å²) in [6.07, 6.45) is -3.05. The van der Waals surface area contributed by atoms with Gasteiger partial charge in [0.25, 0.3) is 5.91 Å². The molecule has 34 heavy (non-hydrogen) atoms. The molecule has 1 aromatic carbocycles. The number of aromatic nitrogens is 5. The van der Waals surface area contributed by atoms with E-state index in [9.17, 15) is 18.0 Å². The lowest BCUT2D eigenvalue weighted by atomic mass is 10.0. The first kappa shape index (κ1) is 23.7.